The number of halogens is 2. The number of aromatic nitrogens is 5. The van der Waals surface area contributed by atoms with E-state index in [9.17, 15) is 13.6 Å². The molecule has 1 saturated heterocycles. The number of aromatic amines is 1. The van der Waals surface area contributed by atoms with Gasteiger partial charge in [-0.15, -0.1) is 0 Å². The molecule has 5 heterocycles. The normalized spacial score (nSPS) is 17.7. The number of benzene rings is 1. The highest BCUT2D eigenvalue weighted by Crippen LogP contribution is 2.44. The van der Waals surface area contributed by atoms with Crippen molar-refractivity contribution in [1.29, 1.82) is 0 Å². The molecular weight excluding hydrogens is 550 g/mol. The van der Waals surface area contributed by atoms with Crippen LogP contribution in [-0.2, 0) is 18.3 Å². The molecule has 0 bridgehead atoms. The number of imidazole rings is 1. The molecule has 2 saturated carbocycles. The molecule has 43 heavy (non-hydrogen) atoms. The van der Waals surface area contributed by atoms with E-state index in [2.05, 4.69) is 20.9 Å². The van der Waals surface area contributed by atoms with Gasteiger partial charge in [0.15, 0.2) is 11.6 Å². The summed E-state index contributed by atoms with van der Waals surface area (Å²) >= 11 is 0. The number of hydrogen-bond acceptors (Lipinski definition) is 5. The van der Waals surface area contributed by atoms with Gasteiger partial charge in [0.2, 0.25) is 0 Å². The maximum absolute atomic E-state index is 14.8. The van der Waals surface area contributed by atoms with Crippen molar-refractivity contribution in [3.8, 4) is 28.3 Å². The number of fused-ring (bicyclic) bond motifs is 1. The lowest BCUT2D eigenvalue weighted by molar-refractivity contribution is 0.0337. The van der Waals surface area contributed by atoms with Gasteiger partial charge in [0.05, 0.1) is 13.2 Å². The van der Waals surface area contributed by atoms with Gasteiger partial charge in [0.25, 0.3) is 5.56 Å². The van der Waals surface area contributed by atoms with Crippen molar-refractivity contribution in [3.63, 3.8) is 0 Å². The largest absolute Gasteiger partial charge is 0.379 e. The van der Waals surface area contributed by atoms with Crippen LogP contribution >= 0.6 is 0 Å². The Balaban J connectivity index is 1.29. The number of nitrogens with one attached hydrogen (secondary N) is 1. The van der Waals surface area contributed by atoms with Crippen molar-refractivity contribution in [3.05, 3.63) is 87.9 Å². The molecule has 10 heteroatoms. The zero-order chi connectivity index (χ0) is 29.2. The van der Waals surface area contributed by atoms with Gasteiger partial charge >= 0.3 is 0 Å². The predicted molar refractivity (Wildman–Crippen MR) is 159 cm³/mol. The molecule has 3 fully saturated rings. The Bertz CT molecular complexity index is 1930. The number of pyridine rings is 2. The fourth-order valence-corrected chi connectivity index (χ4v) is 6.27. The Hall–Kier alpha value is -4.15. The summed E-state index contributed by atoms with van der Waals surface area (Å²) in [4.78, 5) is 29.3. The average Bonchev–Trinajstić information content (AvgIpc) is 3.94. The van der Waals surface area contributed by atoms with Crippen molar-refractivity contribution < 1.29 is 13.5 Å². The Morgan fingerprint density at radius 3 is 2.42 bits per heavy atom. The van der Waals surface area contributed by atoms with Gasteiger partial charge in [-0.25, -0.2) is 18.7 Å². The zero-order valence-electron chi connectivity index (χ0n) is 23.9. The molecule has 1 aromatic carbocycles. The molecular formula is C33H32F2N6O2. The van der Waals surface area contributed by atoms with Crippen LogP contribution < -0.4 is 5.56 Å². The van der Waals surface area contributed by atoms with Crippen LogP contribution in [0.1, 0.15) is 54.5 Å². The highest BCUT2D eigenvalue weighted by atomic mass is 19.2. The van der Waals surface area contributed by atoms with Gasteiger partial charge in [0.1, 0.15) is 17.2 Å². The van der Waals surface area contributed by atoms with Crippen molar-refractivity contribution in [1.82, 2.24) is 29.0 Å². The molecule has 0 radical (unpaired) electrons. The van der Waals surface area contributed by atoms with E-state index in [4.69, 9.17) is 9.72 Å². The van der Waals surface area contributed by atoms with E-state index in [1.165, 1.54) is 12.1 Å². The Morgan fingerprint density at radius 2 is 1.72 bits per heavy atom. The lowest BCUT2D eigenvalue weighted by atomic mass is 9.97. The molecule has 4 aromatic heterocycles. The second-order valence-electron chi connectivity index (χ2n) is 12.1. The fraction of sp³-hybridized carbons (Fsp3) is 0.364. The van der Waals surface area contributed by atoms with E-state index in [1.54, 1.807) is 21.5 Å². The van der Waals surface area contributed by atoms with Gasteiger partial charge in [-0.3, -0.25) is 14.3 Å². The second kappa shape index (κ2) is 10.2. The number of rotatable bonds is 7. The summed E-state index contributed by atoms with van der Waals surface area (Å²) in [6.45, 7) is 3.88. The maximum atomic E-state index is 14.8. The van der Waals surface area contributed by atoms with Crippen molar-refractivity contribution in [2.45, 2.75) is 44.1 Å². The van der Waals surface area contributed by atoms with Crippen LogP contribution in [0, 0.1) is 11.6 Å². The molecule has 8 rings (SSSR count). The third-order valence-corrected chi connectivity index (χ3v) is 8.91. The predicted octanol–water partition coefficient (Wildman–Crippen LogP) is 5.65. The van der Waals surface area contributed by atoms with Crippen LogP contribution in [0.4, 0.5) is 8.78 Å². The highest BCUT2D eigenvalue weighted by Gasteiger charge is 2.30. The first-order chi connectivity index (χ1) is 20.9. The van der Waals surface area contributed by atoms with Crippen LogP contribution in [0.5, 0.6) is 0 Å². The molecule has 2 aliphatic carbocycles. The van der Waals surface area contributed by atoms with E-state index in [0.717, 1.165) is 67.7 Å². The summed E-state index contributed by atoms with van der Waals surface area (Å²) in [5.74, 6) is -0.203. The average molecular weight is 583 g/mol. The Morgan fingerprint density at radius 1 is 0.977 bits per heavy atom. The summed E-state index contributed by atoms with van der Waals surface area (Å²) in [5, 5.41) is 0.975. The number of ether oxygens (including phenoxy) is 1. The van der Waals surface area contributed by atoms with E-state index >= 15 is 0 Å². The maximum Gasteiger partial charge on any atom is 0.280 e. The van der Waals surface area contributed by atoms with E-state index < -0.39 is 11.6 Å². The molecule has 0 atom stereocenters. The van der Waals surface area contributed by atoms with E-state index in [0.29, 0.717) is 53.0 Å². The minimum absolute atomic E-state index is 0.173. The number of nitrogens with zero attached hydrogens (tertiary/aromatic N) is 5. The molecule has 8 nitrogen and oxygen atoms in total. The number of morpholine rings is 1. The van der Waals surface area contributed by atoms with Crippen LogP contribution in [0.3, 0.4) is 0 Å². The fourth-order valence-electron chi connectivity index (χ4n) is 6.27. The van der Waals surface area contributed by atoms with Gasteiger partial charge in [-0.1, -0.05) is 0 Å². The van der Waals surface area contributed by atoms with Gasteiger partial charge < -0.3 is 14.3 Å². The first kappa shape index (κ1) is 26.5. The summed E-state index contributed by atoms with van der Waals surface area (Å²) < 4.78 is 38.2. The molecule has 220 valence electrons. The first-order valence-electron chi connectivity index (χ1n) is 15.0. The first-order valence-corrected chi connectivity index (χ1v) is 15.0. The minimum atomic E-state index is -0.937. The third kappa shape index (κ3) is 4.88. The topological polar surface area (TPSA) is 81.0 Å². The summed E-state index contributed by atoms with van der Waals surface area (Å²) in [5.41, 5.74) is 5.05. The molecule has 3 aliphatic rings. The molecule has 0 spiro atoms. The van der Waals surface area contributed by atoms with Crippen molar-refractivity contribution in [2.24, 2.45) is 7.05 Å². The van der Waals surface area contributed by atoms with Crippen LogP contribution in [0.2, 0.25) is 0 Å². The number of hydrogen-bond donors (Lipinski definition) is 1. The standard InChI is InChI=1S/C33H32F2N6O2/c1-39-7-6-36-32(39)25-16-28(35)27(34)15-23(25)21-12-29(20-4-5-20)38-30(13-21)41-18-26(19-2-3-19)24-14-22(37-31(24)33(41)42)17-40-8-10-43-11-9-40/h6-7,12-16,18-20,37H,2-5,8-11,17H2,1H3. The molecule has 5 aromatic rings. The minimum Gasteiger partial charge on any atom is -0.379 e. The Labute approximate surface area is 247 Å². The smallest absolute Gasteiger partial charge is 0.280 e. The summed E-state index contributed by atoms with van der Waals surface area (Å²) in [6, 6.07) is 8.30. The second-order valence-corrected chi connectivity index (χ2v) is 12.1. The highest BCUT2D eigenvalue weighted by molar-refractivity contribution is 5.85. The third-order valence-electron chi connectivity index (χ3n) is 8.91. The summed E-state index contributed by atoms with van der Waals surface area (Å²) in [7, 11) is 1.82. The van der Waals surface area contributed by atoms with E-state index in [1.807, 2.05) is 25.4 Å². The SMILES string of the molecule is Cn1ccnc1-c1cc(F)c(F)cc1-c1cc(C2CC2)nc(-n2cc(C3CC3)c3cc(CN4CCOCC4)[nH]c3c2=O)c1. The van der Waals surface area contributed by atoms with Gasteiger partial charge in [-0.2, -0.15) is 0 Å². The number of aryl methyl sites for hydroxylation is 1. The van der Waals surface area contributed by atoms with Crippen molar-refractivity contribution in [2.75, 3.05) is 26.3 Å². The molecule has 0 amide bonds. The van der Waals surface area contributed by atoms with Crippen molar-refractivity contribution >= 4 is 10.9 Å². The van der Waals surface area contributed by atoms with Gasteiger partial charge in [-0.05, 0) is 78.6 Å². The van der Waals surface area contributed by atoms with Crippen LogP contribution in [0.25, 0.3) is 39.2 Å². The zero-order valence-corrected chi connectivity index (χ0v) is 23.9. The molecule has 1 N–H and O–H groups in total. The lowest BCUT2D eigenvalue weighted by Gasteiger charge is -2.25. The molecule has 0 unspecified atom stereocenters. The quantitative estimate of drug-likeness (QED) is 0.269. The molecule has 1 aliphatic heterocycles. The monoisotopic (exact) mass is 582 g/mol. The van der Waals surface area contributed by atoms with E-state index in [-0.39, 0.29) is 11.5 Å². The Kier molecular flexibility index (Phi) is 6.30. The van der Waals surface area contributed by atoms with Crippen LogP contribution in [0.15, 0.2) is 53.7 Å². The number of H-pyrrole nitrogens is 1. The lowest BCUT2D eigenvalue weighted by Crippen LogP contribution is -2.35. The van der Waals surface area contributed by atoms with Gasteiger partial charge in [0, 0.05) is 73.5 Å². The summed E-state index contributed by atoms with van der Waals surface area (Å²) in [6.07, 6.45) is 9.52. The van der Waals surface area contributed by atoms with Crippen LogP contribution in [-0.4, -0.2) is 55.3 Å².